The summed E-state index contributed by atoms with van der Waals surface area (Å²) >= 11 is 0. The fourth-order valence-corrected chi connectivity index (χ4v) is 6.91. The molecule has 0 saturated carbocycles. The lowest BCUT2D eigenvalue weighted by atomic mass is 9.95. The highest BCUT2D eigenvalue weighted by molar-refractivity contribution is 7.89. The Morgan fingerprint density at radius 3 is 2.55 bits per heavy atom. The van der Waals surface area contributed by atoms with Crippen molar-refractivity contribution in [2.45, 2.75) is 55.9 Å². The molecule has 1 unspecified atom stereocenters. The Morgan fingerprint density at radius 1 is 0.968 bits per heavy atom. The quantitative estimate of drug-likeness (QED) is 0.733. The van der Waals surface area contributed by atoms with Crippen molar-refractivity contribution in [1.29, 1.82) is 0 Å². The van der Waals surface area contributed by atoms with Crippen molar-refractivity contribution < 1.29 is 13.2 Å². The second-order valence-corrected chi connectivity index (χ2v) is 10.9. The van der Waals surface area contributed by atoms with Crippen LogP contribution < -0.4 is 0 Å². The predicted molar refractivity (Wildman–Crippen MR) is 118 cm³/mol. The average Bonchev–Trinajstić information content (AvgIpc) is 3.48. The van der Waals surface area contributed by atoms with Crippen molar-refractivity contribution in [3.8, 4) is 0 Å². The molecule has 164 valence electrons. The summed E-state index contributed by atoms with van der Waals surface area (Å²) < 4.78 is 27.9. The second-order valence-electron chi connectivity index (χ2n) is 8.94. The van der Waals surface area contributed by atoms with Crippen LogP contribution >= 0.6 is 0 Å². The number of piperidine rings is 1. The maximum Gasteiger partial charge on any atom is 0.243 e. The molecule has 1 amide bonds. The van der Waals surface area contributed by atoms with Crippen LogP contribution in [0, 0.1) is 5.92 Å². The smallest absolute Gasteiger partial charge is 0.243 e. The number of fused-ring (bicyclic) bond motifs is 1. The van der Waals surface area contributed by atoms with E-state index in [0.29, 0.717) is 30.8 Å². The Morgan fingerprint density at radius 2 is 1.77 bits per heavy atom. The summed E-state index contributed by atoms with van der Waals surface area (Å²) in [7, 11) is -3.51. The minimum Gasteiger partial charge on any atom is -0.335 e. The van der Waals surface area contributed by atoms with Crippen LogP contribution in [0.3, 0.4) is 0 Å². The molecule has 3 aliphatic rings. The Balaban J connectivity index is 1.25. The lowest BCUT2D eigenvalue weighted by molar-refractivity contribution is -0.137. The topological polar surface area (TPSA) is 70.6 Å². The Labute approximate surface area is 184 Å². The zero-order valence-corrected chi connectivity index (χ0v) is 18.6. The Hall–Kier alpha value is -2.25. The highest BCUT2D eigenvalue weighted by Crippen LogP contribution is 2.35. The van der Waals surface area contributed by atoms with Gasteiger partial charge in [0.2, 0.25) is 15.9 Å². The minimum atomic E-state index is -3.51. The molecule has 3 heterocycles. The number of carbonyl (C=O) groups excluding carboxylic acids is 1. The molecule has 1 aliphatic carbocycles. The molecule has 2 fully saturated rings. The van der Waals surface area contributed by atoms with Crippen molar-refractivity contribution in [1.82, 2.24) is 14.2 Å². The van der Waals surface area contributed by atoms with Crippen molar-refractivity contribution in [3.05, 3.63) is 59.4 Å². The summed E-state index contributed by atoms with van der Waals surface area (Å²) in [6, 6.07) is 9.62. The first-order valence-electron chi connectivity index (χ1n) is 11.4. The van der Waals surface area contributed by atoms with E-state index in [-0.39, 0.29) is 17.9 Å². The third-order valence-electron chi connectivity index (χ3n) is 7.12. The van der Waals surface area contributed by atoms with Gasteiger partial charge < -0.3 is 4.90 Å². The van der Waals surface area contributed by atoms with Crippen molar-refractivity contribution >= 4 is 15.9 Å². The van der Waals surface area contributed by atoms with Crippen molar-refractivity contribution in [2.24, 2.45) is 5.92 Å². The summed E-state index contributed by atoms with van der Waals surface area (Å²) in [5.74, 6) is 0.0599. The van der Waals surface area contributed by atoms with Crippen LogP contribution in [-0.2, 0) is 27.7 Å². The zero-order valence-electron chi connectivity index (χ0n) is 17.7. The first-order chi connectivity index (χ1) is 15.0. The first kappa shape index (κ1) is 20.6. The van der Waals surface area contributed by atoms with E-state index in [1.807, 2.05) is 35.4 Å². The van der Waals surface area contributed by atoms with Crippen LogP contribution in [0.15, 0.2) is 47.6 Å². The van der Waals surface area contributed by atoms with Gasteiger partial charge in [-0.15, -0.1) is 0 Å². The van der Waals surface area contributed by atoms with Gasteiger partial charge in [-0.25, -0.2) is 8.42 Å². The van der Waals surface area contributed by atoms with Gasteiger partial charge in [-0.1, -0.05) is 12.1 Å². The van der Waals surface area contributed by atoms with Gasteiger partial charge in [-0.05, 0) is 79.8 Å². The van der Waals surface area contributed by atoms with Crippen molar-refractivity contribution in [2.75, 3.05) is 19.6 Å². The fourth-order valence-electron chi connectivity index (χ4n) is 5.39. The highest BCUT2D eigenvalue weighted by Gasteiger charge is 2.37. The maximum atomic E-state index is 13.3. The molecule has 31 heavy (non-hydrogen) atoms. The van der Waals surface area contributed by atoms with E-state index in [4.69, 9.17) is 0 Å². The number of amides is 1. The summed E-state index contributed by atoms with van der Waals surface area (Å²) in [5.41, 5.74) is 3.53. The number of aryl methyl sites for hydroxylation is 2. The normalized spacial score (nSPS) is 22.6. The van der Waals surface area contributed by atoms with E-state index in [1.54, 1.807) is 16.6 Å². The number of rotatable bonds is 4. The lowest BCUT2D eigenvalue weighted by Crippen LogP contribution is -2.44. The van der Waals surface area contributed by atoms with Crippen LogP contribution in [0.4, 0.5) is 0 Å². The molecular formula is C24H29N3O3S. The van der Waals surface area contributed by atoms with E-state index >= 15 is 0 Å². The molecule has 1 aromatic carbocycles. The monoisotopic (exact) mass is 439 g/mol. The third kappa shape index (κ3) is 3.89. The number of benzene rings is 1. The van der Waals surface area contributed by atoms with Crippen LogP contribution in [-0.4, -0.2) is 48.1 Å². The molecule has 2 aromatic rings. The van der Waals surface area contributed by atoms with Gasteiger partial charge in [0.25, 0.3) is 0 Å². The molecule has 1 aromatic heterocycles. The van der Waals surface area contributed by atoms with Crippen LogP contribution in [0.5, 0.6) is 0 Å². The largest absolute Gasteiger partial charge is 0.335 e. The van der Waals surface area contributed by atoms with Crippen LogP contribution in [0.1, 0.15) is 54.8 Å². The van der Waals surface area contributed by atoms with Gasteiger partial charge in [0.15, 0.2) is 0 Å². The number of sulfonamides is 1. The third-order valence-corrected chi connectivity index (χ3v) is 9.01. The number of likely N-dealkylation sites (tertiary alicyclic amines) is 1. The number of hydrogen-bond acceptors (Lipinski definition) is 4. The average molecular weight is 440 g/mol. The van der Waals surface area contributed by atoms with Gasteiger partial charge in [-0.2, -0.15) is 4.31 Å². The number of hydrogen-bond donors (Lipinski definition) is 0. The first-order valence-corrected chi connectivity index (χ1v) is 12.8. The van der Waals surface area contributed by atoms with Crippen molar-refractivity contribution in [3.63, 3.8) is 0 Å². The maximum absolute atomic E-state index is 13.3. The summed E-state index contributed by atoms with van der Waals surface area (Å²) in [5, 5.41) is 0. The number of pyridine rings is 1. The number of aromatic nitrogens is 1. The standard InChI is InChI=1S/C24H29N3O3S/c28-24(27-13-3-7-23(27)21-6-2-12-25-17-21)19-10-14-26(15-11-19)31(29,30)22-9-8-18-4-1-5-20(18)16-22/h2,6,8-9,12,16-17,19,23H,1,3-5,7,10-11,13-15H2. The van der Waals surface area contributed by atoms with E-state index < -0.39 is 10.0 Å². The number of nitrogens with zero attached hydrogens (tertiary/aromatic N) is 3. The Bertz CT molecular complexity index is 1060. The number of carbonyl (C=O) groups is 1. The molecule has 6 nitrogen and oxygen atoms in total. The van der Waals surface area contributed by atoms with E-state index in [2.05, 4.69) is 4.98 Å². The molecule has 0 radical (unpaired) electrons. The summed E-state index contributed by atoms with van der Waals surface area (Å²) in [4.78, 5) is 19.9. The predicted octanol–water partition coefficient (Wildman–Crippen LogP) is 3.33. The minimum absolute atomic E-state index is 0.0920. The zero-order chi connectivity index (χ0) is 21.4. The molecular weight excluding hydrogens is 410 g/mol. The highest BCUT2D eigenvalue weighted by atomic mass is 32.2. The molecule has 5 rings (SSSR count). The summed E-state index contributed by atoms with van der Waals surface area (Å²) in [6.45, 7) is 1.58. The summed E-state index contributed by atoms with van der Waals surface area (Å²) in [6.07, 6.45) is 9.83. The van der Waals surface area contributed by atoms with Gasteiger partial charge >= 0.3 is 0 Å². The molecule has 2 saturated heterocycles. The van der Waals surface area contributed by atoms with Gasteiger partial charge in [-0.3, -0.25) is 9.78 Å². The molecule has 7 heteroatoms. The SMILES string of the molecule is O=C(C1CCN(S(=O)(=O)c2ccc3c(c2)CCC3)CC1)N1CCCC1c1cccnc1. The molecule has 0 N–H and O–H groups in total. The van der Waals surface area contributed by atoms with Crippen LogP contribution in [0.2, 0.25) is 0 Å². The van der Waals surface area contributed by atoms with Crippen LogP contribution in [0.25, 0.3) is 0 Å². The van der Waals surface area contributed by atoms with E-state index in [1.165, 1.54) is 11.1 Å². The van der Waals surface area contributed by atoms with E-state index in [0.717, 1.165) is 44.2 Å². The molecule has 0 spiro atoms. The van der Waals surface area contributed by atoms with Gasteiger partial charge in [0.1, 0.15) is 0 Å². The molecule has 2 aliphatic heterocycles. The fraction of sp³-hybridized carbons (Fsp3) is 0.500. The Kier molecular flexibility index (Phi) is 5.56. The molecule has 0 bridgehead atoms. The van der Waals surface area contributed by atoms with Gasteiger partial charge in [0.05, 0.1) is 10.9 Å². The van der Waals surface area contributed by atoms with Gasteiger partial charge in [0, 0.05) is 37.9 Å². The molecule has 1 atom stereocenters. The second kappa shape index (κ2) is 8.36. The van der Waals surface area contributed by atoms with E-state index in [9.17, 15) is 13.2 Å². The lowest BCUT2D eigenvalue weighted by Gasteiger charge is -2.34.